The topological polar surface area (TPSA) is 0 Å². The van der Waals surface area contributed by atoms with Crippen LogP contribution in [0.1, 0.15) is 26.7 Å². The molecule has 0 aliphatic carbocycles. The van der Waals surface area contributed by atoms with Gasteiger partial charge in [-0.15, -0.1) is 70.0 Å². The fraction of sp³-hybridized carbons (Fsp3) is 0.250. The number of hydrogen-bond donors (Lipinski definition) is 0. The quantitative estimate of drug-likeness (QED) is 0.184. The summed E-state index contributed by atoms with van der Waals surface area (Å²) in [5.74, 6) is 0. The zero-order valence-electron chi connectivity index (χ0n) is 16.5. The van der Waals surface area contributed by atoms with Gasteiger partial charge in [0.15, 0.2) is 0 Å². The molecule has 0 spiro atoms. The third-order valence-corrected chi connectivity index (χ3v) is 7.47. The first-order chi connectivity index (χ1) is 12.3. The Morgan fingerprint density at radius 3 is 1.89 bits per heavy atom. The summed E-state index contributed by atoms with van der Waals surface area (Å²) < 4.78 is 0. The summed E-state index contributed by atoms with van der Waals surface area (Å²) in [6, 6.07) is 28.2. The number of benzene rings is 2. The van der Waals surface area contributed by atoms with E-state index in [1.807, 2.05) is 0 Å². The van der Waals surface area contributed by atoms with Crippen LogP contribution < -0.4 is 30.1 Å². The fourth-order valence-electron chi connectivity index (χ4n) is 3.30. The molecule has 0 nitrogen and oxygen atoms in total. The van der Waals surface area contributed by atoms with E-state index in [0.717, 1.165) is 0 Å². The molecule has 0 aliphatic heterocycles. The Labute approximate surface area is 202 Å². The number of hydrogen-bond acceptors (Lipinski definition) is 0. The zero-order valence-corrected chi connectivity index (χ0v) is 22.5. The molecule has 146 valence electrons. The molecule has 4 aromatic carbocycles. The molecule has 4 rings (SSSR count). The molecule has 0 N–H and O–H groups in total. The molecule has 4 aromatic rings. The first-order valence-electron chi connectivity index (χ1n) is 9.32. The van der Waals surface area contributed by atoms with E-state index in [0.29, 0.717) is 0 Å². The van der Waals surface area contributed by atoms with Crippen molar-refractivity contribution in [2.24, 2.45) is 0 Å². The van der Waals surface area contributed by atoms with E-state index in [1.54, 1.807) is 5.30 Å². The van der Waals surface area contributed by atoms with Crippen molar-refractivity contribution in [3.63, 3.8) is 0 Å². The molecule has 0 unspecified atom stereocenters. The first kappa shape index (κ1) is 27.5. The van der Waals surface area contributed by atoms with Crippen molar-refractivity contribution in [1.82, 2.24) is 0 Å². The Kier molecular flexibility index (Phi) is 14.3. The van der Waals surface area contributed by atoms with Gasteiger partial charge < -0.3 is 24.8 Å². The van der Waals surface area contributed by atoms with Crippen LogP contribution in [0.2, 0.25) is 0 Å². The van der Waals surface area contributed by atoms with Crippen molar-refractivity contribution in [1.29, 1.82) is 0 Å². The van der Waals surface area contributed by atoms with E-state index >= 15 is 0 Å². The van der Waals surface area contributed by atoms with Gasteiger partial charge in [-0.3, -0.25) is 0 Å². The third kappa shape index (κ3) is 7.42. The maximum atomic E-state index is 2.41. The summed E-state index contributed by atoms with van der Waals surface area (Å²) >= 11 is 0. The maximum Gasteiger partial charge on any atom is 4.00 e. The average Bonchev–Trinajstić information content (AvgIpc) is 3.28. The molecular weight excluding hydrogens is 569 g/mol. The van der Waals surface area contributed by atoms with Gasteiger partial charge in [-0.05, 0) is 12.3 Å². The molecule has 0 aliphatic rings. The number of rotatable bonds is 5. The Bertz CT molecular complexity index is 844. The van der Waals surface area contributed by atoms with Crippen LogP contribution in [-0.2, 0) is 25.8 Å². The molecule has 4 heteroatoms. The number of halogens is 2. The Balaban J connectivity index is 0.000000525. The van der Waals surface area contributed by atoms with Gasteiger partial charge in [-0.1, -0.05) is 46.7 Å². The molecule has 0 saturated carbocycles. The first-order valence-corrected chi connectivity index (χ1v) is 11.0. The van der Waals surface area contributed by atoms with Crippen molar-refractivity contribution in [3.05, 3.63) is 78.9 Å². The molecule has 0 fully saturated rings. The van der Waals surface area contributed by atoms with Crippen molar-refractivity contribution >= 4 is 34.8 Å². The average molecular weight is 596 g/mol. The van der Waals surface area contributed by atoms with E-state index in [-0.39, 0.29) is 58.6 Å². The summed E-state index contributed by atoms with van der Waals surface area (Å²) in [4.78, 5) is 0. The molecule has 0 saturated heterocycles. The van der Waals surface area contributed by atoms with Gasteiger partial charge in [-0.2, -0.15) is 23.6 Å². The Hall–Kier alpha value is -0.460. The van der Waals surface area contributed by atoms with Gasteiger partial charge in [0.1, 0.15) is 0 Å². The van der Waals surface area contributed by atoms with Crippen LogP contribution in [0.3, 0.4) is 0 Å². The van der Waals surface area contributed by atoms with Gasteiger partial charge in [0, 0.05) is 0 Å². The molecule has 0 heterocycles. The minimum atomic E-state index is 0. The molecule has 0 atom stereocenters. The van der Waals surface area contributed by atoms with Crippen LogP contribution in [0.25, 0.3) is 21.5 Å². The van der Waals surface area contributed by atoms with Crippen LogP contribution >= 0.6 is 7.92 Å². The SMILES string of the molecule is CCCP(CCC)c1cc2ccccc2[cH-]1.[Cl-].[Cl-].[Hf+4].c1ccc2[cH-]ccc2c1. The van der Waals surface area contributed by atoms with Crippen LogP contribution in [0, 0.1) is 0 Å². The fourth-order valence-corrected chi connectivity index (χ4v) is 5.76. The summed E-state index contributed by atoms with van der Waals surface area (Å²) in [7, 11) is 0.0972. The van der Waals surface area contributed by atoms with Crippen LogP contribution in [0.15, 0.2) is 78.9 Å². The predicted molar refractivity (Wildman–Crippen MR) is 116 cm³/mol. The van der Waals surface area contributed by atoms with Crippen molar-refractivity contribution < 1.29 is 50.7 Å². The molecule has 0 bridgehead atoms. The van der Waals surface area contributed by atoms with E-state index in [2.05, 4.69) is 92.7 Å². The van der Waals surface area contributed by atoms with Crippen LogP contribution in [0.5, 0.6) is 0 Å². The second-order valence-electron chi connectivity index (χ2n) is 6.48. The molecule has 0 amide bonds. The van der Waals surface area contributed by atoms with E-state index < -0.39 is 0 Å². The maximum absolute atomic E-state index is 2.41. The minimum absolute atomic E-state index is 0. The minimum Gasteiger partial charge on any atom is -1.00 e. The molecular formula is C24H27Cl2HfP. The second-order valence-corrected chi connectivity index (χ2v) is 8.97. The van der Waals surface area contributed by atoms with Gasteiger partial charge in [0.05, 0.1) is 0 Å². The van der Waals surface area contributed by atoms with Gasteiger partial charge in [-0.25, -0.2) is 0 Å². The predicted octanol–water partition coefficient (Wildman–Crippen LogP) is 1.05. The largest absolute Gasteiger partial charge is 4.00 e. The smallest absolute Gasteiger partial charge is 1.00 e. The Morgan fingerprint density at radius 1 is 0.750 bits per heavy atom. The standard InChI is InChI=1S/C15H20P.C9H7.2ClH.Hf/c1-3-9-16(10-4-2)15-11-13-7-5-6-8-14(13)12-15;1-2-5-9-7-3-6-8(9)4-1;;;/h5-8,11-12H,3-4,9-10H2,1-2H3;1-7H;2*1H;/q2*-1;;;+4/p-2. The molecule has 28 heavy (non-hydrogen) atoms. The third-order valence-electron chi connectivity index (χ3n) is 4.50. The van der Waals surface area contributed by atoms with Gasteiger partial charge in [0.2, 0.25) is 0 Å². The van der Waals surface area contributed by atoms with Gasteiger partial charge >= 0.3 is 25.8 Å². The molecule has 0 radical (unpaired) electrons. The van der Waals surface area contributed by atoms with Crippen molar-refractivity contribution in [2.75, 3.05) is 12.3 Å². The van der Waals surface area contributed by atoms with E-state index in [9.17, 15) is 0 Å². The van der Waals surface area contributed by atoms with E-state index in [4.69, 9.17) is 0 Å². The zero-order chi connectivity index (χ0) is 17.5. The van der Waals surface area contributed by atoms with Crippen molar-refractivity contribution in [3.8, 4) is 0 Å². The van der Waals surface area contributed by atoms with Gasteiger partial charge in [0.25, 0.3) is 0 Å². The monoisotopic (exact) mass is 596 g/mol. The van der Waals surface area contributed by atoms with Crippen molar-refractivity contribution in [2.45, 2.75) is 26.7 Å². The van der Waals surface area contributed by atoms with Crippen LogP contribution in [0.4, 0.5) is 0 Å². The summed E-state index contributed by atoms with van der Waals surface area (Å²) in [5, 5.41) is 7.10. The van der Waals surface area contributed by atoms with Crippen LogP contribution in [-0.4, -0.2) is 12.3 Å². The summed E-state index contributed by atoms with van der Waals surface area (Å²) in [6.45, 7) is 4.60. The second kappa shape index (κ2) is 14.5. The summed E-state index contributed by atoms with van der Waals surface area (Å²) in [5.41, 5.74) is 0. The summed E-state index contributed by atoms with van der Waals surface area (Å²) in [6.07, 6.45) is 5.40. The molecule has 0 aromatic heterocycles. The normalized spacial score (nSPS) is 9.82. The number of fused-ring (bicyclic) bond motifs is 2. The van der Waals surface area contributed by atoms with E-state index in [1.165, 1.54) is 46.7 Å². The Morgan fingerprint density at radius 2 is 1.32 bits per heavy atom.